The van der Waals surface area contributed by atoms with Crippen molar-refractivity contribution in [3.8, 4) is 11.5 Å². The van der Waals surface area contributed by atoms with Gasteiger partial charge >= 0.3 is 0 Å². The maximum Gasteiger partial charge on any atom is 0.247 e. The monoisotopic (exact) mass is 439 g/mol. The number of aromatic hydroxyl groups is 1. The zero-order valence-electron chi connectivity index (χ0n) is 17.9. The van der Waals surface area contributed by atoms with Gasteiger partial charge in [-0.05, 0) is 55.7 Å². The van der Waals surface area contributed by atoms with E-state index >= 15 is 0 Å². The van der Waals surface area contributed by atoms with E-state index in [0.717, 1.165) is 18.8 Å². The van der Waals surface area contributed by atoms with Gasteiger partial charge in [0, 0.05) is 31.9 Å². The van der Waals surface area contributed by atoms with Crippen LogP contribution in [0.3, 0.4) is 0 Å². The highest BCUT2D eigenvalue weighted by atomic mass is 16.5. The lowest BCUT2D eigenvalue weighted by Crippen LogP contribution is -2.53. The van der Waals surface area contributed by atoms with Crippen molar-refractivity contribution in [1.29, 1.82) is 0 Å². The number of carbonyl (C=O) groups excluding carboxylic acids is 2. The number of ether oxygens (including phenoxy) is 1. The standard InChI is InChI=1S/C24H29N3O5/c28-18-6-8-19(9-7-18)32-20-10-11-21(22(16-20)23(29)25-31)24(30)27-14-12-26(13-15-27)17-4-2-1-3-5-17/h1-9,20-22,28,31H,10-16H2,(H,25,29). The lowest BCUT2D eigenvalue weighted by atomic mass is 9.76. The van der Waals surface area contributed by atoms with Gasteiger partial charge < -0.3 is 19.6 Å². The molecule has 8 nitrogen and oxygen atoms in total. The van der Waals surface area contributed by atoms with Crippen LogP contribution in [0.4, 0.5) is 5.69 Å². The van der Waals surface area contributed by atoms with Gasteiger partial charge in [-0.15, -0.1) is 0 Å². The summed E-state index contributed by atoms with van der Waals surface area (Å²) >= 11 is 0. The van der Waals surface area contributed by atoms with E-state index in [-0.39, 0.29) is 17.8 Å². The molecule has 2 aromatic carbocycles. The lowest BCUT2D eigenvalue weighted by molar-refractivity contribution is -0.148. The Kier molecular flexibility index (Phi) is 6.80. The molecule has 2 amide bonds. The average molecular weight is 440 g/mol. The molecule has 0 spiro atoms. The number of phenols is 1. The normalized spacial score (nSPS) is 23.5. The van der Waals surface area contributed by atoms with E-state index in [1.54, 1.807) is 17.6 Å². The fourth-order valence-electron chi connectivity index (χ4n) is 4.68. The number of piperazine rings is 1. The summed E-state index contributed by atoms with van der Waals surface area (Å²) in [7, 11) is 0. The van der Waals surface area contributed by atoms with Crippen molar-refractivity contribution in [1.82, 2.24) is 10.4 Å². The molecule has 3 atom stereocenters. The number of benzene rings is 2. The maximum absolute atomic E-state index is 13.3. The summed E-state index contributed by atoms with van der Waals surface area (Å²) in [4.78, 5) is 29.8. The first kappa shape index (κ1) is 22.0. The van der Waals surface area contributed by atoms with Gasteiger partial charge in [-0.25, -0.2) is 5.48 Å². The molecule has 2 aliphatic rings. The third-order valence-corrected chi connectivity index (χ3v) is 6.42. The summed E-state index contributed by atoms with van der Waals surface area (Å²) in [6, 6.07) is 16.5. The van der Waals surface area contributed by atoms with Crippen LogP contribution < -0.4 is 15.1 Å². The quantitative estimate of drug-likeness (QED) is 0.489. The summed E-state index contributed by atoms with van der Waals surface area (Å²) in [6.45, 7) is 2.69. The Hall–Kier alpha value is -3.26. The van der Waals surface area contributed by atoms with Crippen LogP contribution in [0, 0.1) is 11.8 Å². The van der Waals surface area contributed by atoms with Crippen molar-refractivity contribution in [2.24, 2.45) is 11.8 Å². The average Bonchev–Trinajstić information content (AvgIpc) is 2.85. The molecule has 1 saturated carbocycles. The van der Waals surface area contributed by atoms with Crippen molar-refractivity contribution in [2.45, 2.75) is 25.4 Å². The highest BCUT2D eigenvalue weighted by Gasteiger charge is 2.42. The second-order valence-corrected chi connectivity index (χ2v) is 8.38. The Bertz CT molecular complexity index is 913. The van der Waals surface area contributed by atoms with Gasteiger partial charge in [0.1, 0.15) is 11.5 Å². The van der Waals surface area contributed by atoms with Gasteiger partial charge in [-0.1, -0.05) is 18.2 Å². The second-order valence-electron chi connectivity index (χ2n) is 8.38. The summed E-state index contributed by atoms with van der Waals surface area (Å²) in [5.41, 5.74) is 2.88. The summed E-state index contributed by atoms with van der Waals surface area (Å²) in [5, 5.41) is 18.7. The molecule has 3 unspecified atom stereocenters. The Balaban J connectivity index is 1.38. The number of hydroxylamine groups is 1. The second kappa shape index (κ2) is 9.91. The minimum absolute atomic E-state index is 0.0330. The number of rotatable bonds is 5. The molecule has 2 aromatic rings. The number of phenolic OH excluding ortho intramolecular Hbond substituents is 1. The van der Waals surface area contributed by atoms with Crippen LogP contribution >= 0.6 is 0 Å². The summed E-state index contributed by atoms with van der Waals surface area (Å²) in [6.07, 6.45) is 1.24. The van der Waals surface area contributed by atoms with Crippen LogP contribution in [0.25, 0.3) is 0 Å². The molecule has 2 fully saturated rings. The first-order chi connectivity index (χ1) is 15.5. The van der Waals surface area contributed by atoms with Crippen molar-refractivity contribution in [2.75, 3.05) is 31.1 Å². The van der Waals surface area contributed by atoms with Crippen LogP contribution in [0.1, 0.15) is 19.3 Å². The van der Waals surface area contributed by atoms with Crippen LogP contribution in [-0.4, -0.2) is 59.3 Å². The number of anilines is 1. The van der Waals surface area contributed by atoms with Crippen LogP contribution in [-0.2, 0) is 9.59 Å². The zero-order valence-corrected chi connectivity index (χ0v) is 17.9. The molecule has 1 aliphatic heterocycles. The van der Waals surface area contributed by atoms with Crippen molar-refractivity contribution < 1.29 is 24.6 Å². The number of amides is 2. The number of nitrogens with one attached hydrogen (secondary N) is 1. The summed E-state index contributed by atoms with van der Waals surface area (Å²) in [5.74, 6) is -0.977. The molecular weight excluding hydrogens is 410 g/mol. The molecule has 1 saturated heterocycles. The molecule has 0 radical (unpaired) electrons. The van der Waals surface area contributed by atoms with Crippen LogP contribution in [0.5, 0.6) is 11.5 Å². The Morgan fingerprint density at radius 2 is 1.59 bits per heavy atom. The van der Waals surface area contributed by atoms with E-state index in [9.17, 15) is 19.9 Å². The molecule has 32 heavy (non-hydrogen) atoms. The smallest absolute Gasteiger partial charge is 0.247 e. The molecular formula is C24H29N3O5. The molecule has 3 N–H and O–H groups in total. The van der Waals surface area contributed by atoms with E-state index in [1.807, 2.05) is 23.1 Å². The predicted octanol–water partition coefficient (Wildman–Crippen LogP) is 2.41. The number of hydrogen-bond acceptors (Lipinski definition) is 6. The van der Waals surface area contributed by atoms with E-state index in [1.165, 1.54) is 12.1 Å². The molecule has 0 aromatic heterocycles. The topological polar surface area (TPSA) is 102 Å². The van der Waals surface area contributed by atoms with Crippen molar-refractivity contribution in [3.05, 3.63) is 54.6 Å². The number of nitrogens with zero attached hydrogens (tertiary/aromatic N) is 2. The first-order valence-electron chi connectivity index (χ1n) is 11.0. The molecule has 0 bridgehead atoms. The molecule has 1 heterocycles. The molecule has 8 heteroatoms. The fourth-order valence-corrected chi connectivity index (χ4v) is 4.68. The van der Waals surface area contributed by atoms with Crippen molar-refractivity contribution in [3.63, 3.8) is 0 Å². The minimum atomic E-state index is -0.657. The van der Waals surface area contributed by atoms with Crippen molar-refractivity contribution >= 4 is 17.5 Å². The Morgan fingerprint density at radius 1 is 0.906 bits per heavy atom. The first-order valence-corrected chi connectivity index (χ1v) is 11.0. The predicted molar refractivity (Wildman–Crippen MR) is 119 cm³/mol. The maximum atomic E-state index is 13.3. The van der Waals surface area contributed by atoms with Gasteiger partial charge in [0.05, 0.1) is 17.9 Å². The Labute approximate surface area is 187 Å². The van der Waals surface area contributed by atoms with Gasteiger partial charge in [0.15, 0.2) is 0 Å². The lowest BCUT2D eigenvalue weighted by Gasteiger charge is -2.40. The third kappa shape index (κ3) is 4.96. The number of carbonyl (C=O) groups is 2. The van der Waals surface area contributed by atoms with Gasteiger partial charge in [0.2, 0.25) is 11.8 Å². The van der Waals surface area contributed by atoms with Crippen LogP contribution in [0.15, 0.2) is 54.6 Å². The number of para-hydroxylation sites is 1. The minimum Gasteiger partial charge on any atom is -0.508 e. The largest absolute Gasteiger partial charge is 0.508 e. The fraction of sp³-hybridized carbons (Fsp3) is 0.417. The molecule has 1 aliphatic carbocycles. The number of hydrogen-bond donors (Lipinski definition) is 3. The highest BCUT2D eigenvalue weighted by Crippen LogP contribution is 2.35. The van der Waals surface area contributed by atoms with E-state index in [4.69, 9.17) is 4.74 Å². The van der Waals surface area contributed by atoms with Gasteiger partial charge in [-0.2, -0.15) is 0 Å². The van der Waals surface area contributed by atoms with Gasteiger partial charge in [-0.3, -0.25) is 14.8 Å². The van der Waals surface area contributed by atoms with E-state index in [0.29, 0.717) is 38.1 Å². The SMILES string of the molecule is O=C(NO)C1CC(Oc2ccc(O)cc2)CCC1C(=O)N1CCN(c2ccccc2)CC1. The molecule has 170 valence electrons. The Morgan fingerprint density at radius 3 is 2.25 bits per heavy atom. The van der Waals surface area contributed by atoms with E-state index < -0.39 is 17.7 Å². The zero-order chi connectivity index (χ0) is 22.5. The van der Waals surface area contributed by atoms with Crippen LogP contribution in [0.2, 0.25) is 0 Å². The van der Waals surface area contributed by atoms with E-state index in [2.05, 4.69) is 17.0 Å². The highest BCUT2D eigenvalue weighted by molar-refractivity contribution is 5.87. The summed E-state index contributed by atoms with van der Waals surface area (Å²) < 4.78 is 5.97. The van der Waals surface area contributed by atoms with Gasteiger partial charge in [0.25, 0.3) is 0 Å². The molecule has 4 rings (SSSR count). The third-order valence-electron chi connectivity index (χ3n) is 6.42.